The molecule has 0 saturated heterocycles. The average molecular weight is 312 g/mol. The number of hydrogen-bond donors (Lipinski definition) is 4. The maximum atomic E-state index is 11.6. The second-order valence-corrected chi connectivity index (χ2v) is 5.08. The topological polar surface area (TPSA) is 108 Å². The largest absolute Gasteiger partial charge is 0.478 e. The molecule has 1 fully saturated rings. The van der Waals surface area contributed by atoms with Crippen LogP contribution in [0.3, 0.4) is 0 Å². The van der Waals surface area contributed by atoms with E-state index in [0.717, 1.165) is 12.8 Å². The van der Waals surface area contributed by atoms with E-state index in [2.05, 4.69) is 16.0 Å². The van der Waals surface area contributed by atoms with Gasteiger partial charge in [0.05, 0.1) is 17.8 Å². The van der Waals surface area contributed by atoms with E-state index in [-0.39, 0.29) is 34.8 Å². The Labute approximate surface area is 125 Å². The second-order valence-electron chi connectivity index (χ2n) is 4.64. The first-order valence-corrected chi connectivity index (χ1v) is 6.70. The zero-order valence-corrected chi connectivity index (χ0v) is 11.7. The Morgan fingerprint density at radius 2 is 2.00 bits per heavy atom. The highest BCUT2D eigenvalue weighted by Crippen LogP contribution is 2.20. The smallest absolute Gasteiger partial charge is 0.337 e. The van der Waals surface area contributed by atoms with Gasteiger partial charge in [0.25, 0.3) is 0 Å². The monoisotopic (exact) mass is 311 g/mol. The minimum atomic E-state index is -1.21. The molecule has 0 aromatic heterocycles. The number of rotatable bonds is 5. The summed E-state index contributed by atoms with van der Waals surface area (Å²) in [7, 11) is 0. The highest BCUT2D eigenvalue weighted by atomic mass is 35.5. The standard InChI is InChI=1S/C13H14ClN3O4/c14-7-1-4-10(9(5-7)12(19)20)17-13(21)15-6-11(18)16-8-2-3-8/h1,4-5,8H,2-3,6H2,(H,16,18)(H,19,20)(H2,15,17,21). The number of carboxylic acid groups (broad SMARTS) is 1. The number of halogens is 1. The van der Waals surface area contributed by atoms with Crippen LogP contribution in [-0.2, 0) is 4.79 Å². The van der Waals surface area contributed by atoms with Crippen LogP contribution in [0.4, 0.5) is 10.5 Å². The third-order valence-corrected chi connectivity index (χ3v) is 3.05. The molecule has 7 nitrogen and oxygen atoms in total. The molecule has 0 aliphatic heterocycles. The number of urea groups is 1. The van der Waals surface area contributed by atoms with Crippen LogP contribution in [0.15, 0.2) is 18.2 Å². The van der Waals surface area contributed by atoms with Gasteiger partial charge < -0.3 is 21.1 Å². The number of amides is 3. The van der Waals surface area contributed by atoms with Crippen LogP contribution in [-0.4, -0.2) is 35.6 Å². The molecule has 1 aliphatic rings. The van der Waals surface area contributed by atoms with Gasteiger partial charge >= 0.3 is 12.0 Å². The summed E-state index contributed by atoms with van der Waals surface area (Å²) in [6.07, 6.45) is 1.93. The van der Waals surface area contributed by atoms with E-state index in [1.54, 1.807) is 0 Å². The van der Waals surface area contributed by atoms with Gasteiger partial charge in [0, 0.05) is 11.1 Å². The van der Waals surface area contributed by atoms with Crippen molar-refractivity contribution in [3.63, 3.8) is 0 Å². The van der Waals surface area contributed by atoms with Crippen LogP contribution in [0, 0.1) is 0 Å². The van der Waals surface area contributed by atoms with Crippen molar-refractivity contribution in [3.8, 4) is 0 Å². The van der Waals surface area contributed by atoms with Crippen molar-refractivity contribution >= 4 is 35.2 Å². The molecule has 8 heteroatoms. The predicted octanol–water partition coefficient (Wildman–Crippen LogP) is 1.44. The molecule has 0 spiro atoms. The molecular weight excluding hydrogens is 298 g/mol. The van der Waals surface area contributed by atoms with E-state index in [1.165, 1.54) is 18.2 Å². The first-order chi connectivity index (χ1) is 9.95. The lowest BCUT2D eigenvalue weighted by Gasteiger charge is -2.10. The summed E-state index contributed by atoms with van der Waals surface area (Å²) >= 11 is 5.71. The molecule has 0 bridgehead atoms. The first-order valence-electron chi connectivity index (χ1n) is 6.33. The third kappa shape index (κ3) is 4.64. The minimum absolute atomic E-state index is 0.104. The number of anilines is 1. The Kier molecular flexibility index (Phi) is 4.64. The number of carbonyl (C=O) groups excluding carboxylic acids is 2. The summed E-state index contributed by atoms with van der Waals surface area (Å²) in [6, 6.07) is 3.64. The summed E-state index contributed by atoms with van der Waals surface area (Å²) < 4.78 is 0. The number of carbonyl (C=O) groups is 3. The first kappa shape index (κ1) is 15.1. The van der Waals surface area contributed by atoms with Gasteiger partial charge in [-0.1, -0.05) is 11.6 Å². The fraction of sp³-hybridized carbons (Fsp3) is 0.308. The van der Waals surface area contributed by atoms with Crippen LogP contribution < -0.4 is 16.0 Å². The summed E-state index contributed by atoms with van der Waals surface area (Å²) in [5.74, 6) is -1.48. The number of hydrogen-bond acceptors (Lipinski definition) is 3. The minimum Gasteiger partial charge on any atom is -0.478 e. The Morgan fingerprint density at radius 3 is 2.62 bits per heavy atom. The molecule has 21 heavy (non-hydrogen) atoms. The summed E-state index contributed by atoms with van der Waals surface area (Å²) in [6.45, 7) is -0.168. The lowest BCUT2D eigenvalue weighted by atomic mass is 10.2. The third-order valence-electron chi connectivity index (χ3n) is 2.81. The zero-order valence-electron chi connectivity index (χ0n) is 11.0. The van der Waals surface area contributed by atoms with Gasteiger partial charge in [-0.15, -0.1) is 0 Å². The van der Waals surface area contributed by atoms with Crippen LogP contribution in [0.2, 0.25) is 5.02 Å². The van der Waals surface area contributed by atoms with E-state index < -0.39 is 12.0 Å². The molecule has 1 aromatic carbocycles. The average Bonchev–Trinajstić information content (AvgIpc) is 3.22. The van der Waals surface area contributed by atoms with E-state index in [0.29, 0.717) is 0 Å². The van der Waals surface area contributed by atoms with Crippen LogP contribution in [0.5, 0.6) is 0 Å². The van der Waals surface area contributed by atoms with Gasteiger partial charge in [-0.3, -0.25) is 4.79 Å². The molecule has 1 aliphatic carbocycles. The van der Waals surface area contributed by atoms with Crippen molar-refractivity contribution in [2.75, 3.05) is 11.9 Å². The van der Waals surface area contributed by atoms with Crippen molar-refractivity contribution in [3.05, 3.63) is 28.8 Å². The number of aromatic carboxylic acids is 1. The van der Waals surface area contributed by atoms with Crippen molar-refractivity contribution < 1.29 is 19.5 Å². The molecule has 2 rings (SSSR count). The maximum absolute atomic E-state index is 11.6. The van der Waals surface area contributed by atoms with Crippen LogP contribution in [0.1, 0.15) is 23.2 Å². The molecule has 0 unspecified atom stereocenters. The van der Waals surface area contributed by atoms with E-state index in [4.69, 9.17) is 16.7 Å². The van der Waals surface area contributed by atoms with E-state index >= 15 is 0 Å². The zero-order chi connectivity index (χ0) is 15.4. The molecule has 112 valence electrons. The van der Waals surface area contributed by atoms with Crippen molar-refractivity contribution in [2.24, 2.45) is 0 Å². The van der Waals surface area contributed by atoms with Gasteiger partial charge in [-0.25, -0.2) is 9.59 Å². The lowest BCUT2D eigenvalue weighted by Crippen LogP contribution is -2.39. The molecule has 0 atom stereocenters. The Morgan fingerprint density at radius 1 is 1.29 bits per heavy atom. The quantitative estimate of drug-likeness (QED) is 0.660. The predicted molar refractivity (Wildman–Crippen MR) is 76.6 cm³/mol. The molecule has 0 heterocycles. The van der Waals surface area contributed by atoms with E-state index in [1.807, 2.05) is 0 Å². The summed E-state index contributed by atoms with van der Waals surface area (Å²) in [5.41, 5.74) is -0.0212. The van der Waals surface area contributed by atoms with E-state index in [9.17, 15) is 14.4 Å². The van der Waals surface area contributed by atoms with Crippen LogP contribution >= 0.6 is 11.6 Å². The molecule has 3 amide bonds. The van der Waals surface area contributed by atoms with Gasteiger partial charge in [0.1, 0.15) is 0 Å². The fourth-order valence-corrected chi connectivity index (χ4v) is 1.81. The van der Waals surface area contributed by atoms with Gasteiger partial charge in [-0.05, 0) is 31.0 Å². The van der Waals surface area contributed by atoms with Gasteiger partial charge in [0.15, 0.2) is 0 Å². The number of carboxylic acids is 1. The van der Waals surface area contributed by atoms with Gasteiger partial charge in [0.2, 0.25) is 5.91 Å². The molecular formula is C13H14ClN3O4. The Bertz CT molecular complexity index is 587. The summed E-state index contributed by atoms with van der Waals surface area (Å²) in [5, 5.41) is 16.7. The summed E-state index contributed by atoms with van der Waals surface area (Å²) in [4.78, 5) is 34.1. The molecule has 0 radical (unpaired) electrons. The highest BCUT2D eigenvalue weighted by molar-refractivity contribution is 6.31. The molecule has 4 N–H and O–H groups in total. The van der Waals surface area contributed by atoms with Gasteiger partial charge in [-0.2, -0.15) is 0 Å². The van der Waals surface area contributed by atoms with Crippen molar-refractivity contribution in [1.29, 1.82) is 0 Å². The lowest BCUT2D eigenvalue weighted by molar-refractivity contribution is -0.120. The Hall–Kier alpha value is -2.28. The van der Waals surface area contributed by atoms with Crippen molar-refractivity contribution in [1.82, 2.24) is 10.6 Å². The highest BCUT2D eigenvalue weighted by Gasteiger charge is 2.23. The SMILES string of the molecule is O=C(CNC(=O)Nc1ccc(Cl)cc1C(=O)O)NC1CC1. The molecule has 1 saturated carbocycles. The molecule has 1 aromatic rings. The maximum Gasteiger partial charge on any atom is 0.337 e. The second kappa shape index (κ2) is 6.45. The van der Waals surface area contributed by atoms with Crippen LogP contribution in [0.25, 0.3) is 0 Å². The normalized spacial score (nSPS) is 13.4. The Balaban J connectivity index is 1.89. The number of nitrogens with one attached hydrogen (secondary N) is 3. The van der Waals surface area contributed by atoms with Crippen molar-refractivity contribution in [2.45, 2.75) is 18.9 Å². The fourth-order valence-electron chi connectivity index (χ4n) is 1.64. The number of benzene rings is 1.